The van der Waals surface area contributed by atoms with Gasteiger partial charge in [-0.05, 0) is 32.4 Å². The van der Waals surface area contributed by atoms with Gasteiger partial charge < -0.3 is 9.88 Å². The Morgan fingerprint density at radius 1 is 1.45 bits per heavy atom. The van der Waals surface area contributed by atoms with Crippen LogP contribution in [0.4, 0.5) is 0 Å². The number of hydrogen-bond acceptors (Lipinski definition) is 3. The molecule has 0 fully saturated rings. The van der Waals surface area contributed by atoms with Crippen molar-refractivity contribution in [1.82, 2.24) is 9.88 Å². The third kappa shape index (κ3) is 2.86. The number of nitriles is 1. The summed E-state index contributed by atoms with van der Waals surface area (Å²) in [5.74, 6) is -0.611. The van der Waals surface area contributed by atoms with E-state index in [4.69, 9.17) is 5.26 Å². The van der Waals surface area contributed by atoms with Gasteiger partial charge in [-0.2, -0.15) is 5.26 Å². The highest BCUT2D eigenvalue weighted by molar-refractivity contribution is 5.97. The zero-order valence-electron chi connectivity index (χ0n) is 13.0. The van der Waals surface area contributed by atoms with E-state index in [2.05, 4.69) is 11.1 Å². The lowest BCUT2D eigenvalue weighted by molar-refractivity contribution is 0.0751. The van der Waals surface area contributed by atoms with Crippen LogP contribution in [0.1, 0.15) is 29.8 Å². The van der Waals surface area contributed by atoms with Crippen molar-refractivity contribution in [1.29, 1.82) is 5.26 Å². The van der Waals surface area contributed by atoms with Crippen molar-refractivity contribution in [2.45, 2.75) is 20.8 Å². The molecule has 1 N–H and O–H groups in total. The first kappa shape index (κ1) is 15.8. The number of aromatic amines is 1. The minimum atomic E-state index is -0.339. The van der Waals surface area contributed by atoms with Crippen LogP contribution >= 0.6 is 0 Å². The molecule has 0 unspecified atom stereocenters. The molecule has 1 heterocycles. The van der Waals surface area contributed by atoms with E-state index in [0.29, 0.717) is 18.5 Å². The molecule has 0 saturated heterocycles. The quantitative estimate of drug-likeness (QED) is 0.941. The first-order chi connectivity index (χ1) is 10.5. The van der Waals surface area contributed by atoms with Gasteiger partial charge in [-0.25, -0.2) is 0 Å². The van der Waals surface area contributed by atoms with Crippen molar-refractivity contribution in [2.24, 2.45) is 5.92 Å². The summed E-state index contributed by atoms with van der Waals surface area (Å²) in [6.07, 6.45) is 1.47. The van der Waals surface area contributed by atoms with Crippen LogP contribution in [0.2, 0.25) is 0 Å². The lowest BCUT2D eigenvalue weighted by Gasteiger charge is -2.21. The van der Waals surface area contributed by atoms with Gasteiger partial charge in [0.25, 0.3) is 5.91 Å². The minimum absolute atomic E-state index is 0.116. The summed E-state index contributed by atoms with van der Waals surface area (Å²) in [5, 5.41) is 9.41. The Morgan fingerprint density at radius 3 is 2.82 bits per heavy atom. The molecule has 0 radical (unpaired) electrons. The Hall–Kier alpha value is -2.61. The van der Waals surface area contributed by atoms with E-state index >= 15 is 0 Å². The number of nitrogens with one attached hydrogen (secondary N) is 1. The molecule has 2 rings (SSSR count). The van der Waals surface area contributed by atoms with Crippen molar-refractivity contribution < 1.29 is 4.79 Å². The fourth-order valence-electron chi connectivity index (χ4n) is 2.46. The largest absolute Gasteiger partial charge is 0.360 e. The molecule has 2 aromatic rings. The number of hydrogen-bond donors (Lipinski definition) is 1. The van der Waals surface area contributed by atoms with Gasteiger partial charge in [0.05, 0.1) is 17.5 Å². The highest BCUT2D eigenvalue weighted by Gasteiger charge is 2.20. The number of carbonyl (C=O) groups is 1. The molecule has 5 nitrogen and oxygen atoms in total. The summed E-state index contributed by atoms with van der Waals surface area (Å²) in [4.78, 5) is 29.7. The Bertz CT molecular complexity index is 802. The van der Waals surface area contributed by atoms with Crippen LogP contribution in [0.5, 0.6) is 0 Å². The summed E-state index contributed by atoms with van der Waals surface area (Å²) in [7, 11) is 0. The van der Waals surface area contributed by atoms with Gasteiger partial charge in [0.15, 0.2) is 0 Å². The molecular weight excluding hydrogens is 278 g/mol. The fraction of sp³-hybridized carbons (Fsp3) is 0.353. The number of carbonyl (C=O) groups excluding carboxylic acids is 1. The molecule has 0 bridgehead atoms. The highest BCUT2D eigenvalue weighted by Crippen LogP contribution is 2.14. The van der Waals surface area contributed by atoms with Crippen LogP contribution in [0.25, 0.3) is 10.9 Å². The van der Waals surface area contributed by atoms with Gasteiger partial charge >= 0.3 is 0 Å². The number of nitrogens with zero attached hydrogens (tertiary/aromatic N) is 2. The molecule has 0 aliphatic rings. The van der Waals surface area contributed by atoms with E-state index in [1.54, 1.807) is 19.1 Å². The second kappa shape index (κ2) is 6.44. The average molecular weight is 297 g/mol. The van der Waals surface area contributed by atoms with Crippen LogP contribution in [-0.2, 0) is 0 Å². The molecule has 5 heteroatoms. The number of H-pyrrole nitrogens is 1. The Kier molecular flexibility index (Phi) is 4.62. The van der Waals surface area contributed by atoms with Gasteiger partial charge in [0.1, 0.15) is 5.56 Å². The summed E-state index contributed by atoms with van der Waals surface area (Å²) >= 11 is 0. The lowest BCUT2D eigenvalue weighted by atomic mass is 10.1. The van der Waals surface area contributed by atoms with Crippen LogP contribution in [0.15, 0.2) is 29.2 Å². The monoisotopic (exact) mass is 297 g/mol. The second-order valence-corrected chi connectivity index (χ2v) is 5.40. The maximum Gasteiger partial charge on any atom is 0.259 e. The number of aryl methyl sites for hydroxylation is 1. The molecule has 22 heavy (non-hydrogen) atoms. The van der Waals surface area contributed by atoms with E-state index < -0.39 is 0 Å². The minimum Gasteiger partial charge on any atom is -0.360 e. The Labute approximate surface area is 129 Å². The molecule has 0 aliphatic heterocycles. The Balaban J connectivity index is 2.46. The molecule has 1 aromatic heterocycles. The van der Waals surface area contributed by atoms with E-state index in [9.17, 15) is 9.59 Å². The van der Waals surface area contributed by atoms with Crippen molar-refractivity contribution in [3.8, 4) is 6.07 Å². The number of amides is 1. The number of fused-ring (bicyclic) bond motifs is 1. The summed E-state index contributed by atoms with van der Waals surface area (Å²) in [5.41, 5.74) is 1.55. The van der Waals surface area contributed by atoms with Gasteiger partial charge in [-0.15, -0.1) is 0 Å². The SMILES string of the molecule is CCN(C[C@@H](C)C#N)C(=O)c1c[nH]c2c(C)cccc2c1=O. The molecule has 114 valence electrons. The third-order valence-corrected chi connectivity index (χ3v) is 3.74. The number of rotatable bonds is 4. The van der Waals surface area contributed by atoms with Crippen molar-refractivity contribution in [3.63, 3.8) is 0 Å². The van der Waals surface area contributed by atoms with Gasteiger partial charge in [-0.3, -0.25) is 9.59 Å². The lowest BCUT2D eigenvalue weighted by Crippen LogP contribution is -2.37. The van der Waals surface area contributed by atoms with Gasteiger partial charge in [0.2, 0.25) is 5.43 Å². The van der Waals surface area contributed by atoms with E-state index in [1.807, 2.05) is 19.9 Å². The Morgan fingerprint density at radius 2 is 2.18 bits per heavy atom. The van der Waals surface area contributed by atoms with Crippen LogP contribution in [-0.4, -0.2) is 28.9 Å². The summed E-state index contributed by atoms with van der Waals surface area (Å²) in [6.45, 7) is 6.27. The molecular formula is C17H19N3O2. The summed E-state index contributed by atoms with van der Waals surface area (Å²) < 4.78 is 0. The maximum absolute atomic E-state index is 12.6. The van der Waals surface area contributed by atoms with E-state index in [0.717, 1.165) is 11.1 Å². The molecule has 0 spiro atoms. The number of benzene rings is 1. The van der Waals surface area contributed by atoms with E-state index in [-0.39, 0.29) is 22.8 Å². The van der Waals surface area contributed by atoms with Gasteiger partial charge in [0, 0.05) is 24.7 Å². The zero-order valence-corrected chi connectivity index (χ0v) is 13.0. The summed E-state index contributed by atoms with van der Waals surface area (Å²) in [6, 6.07) is 7.53. The topological polar surface area (TPSA) is 77.0 Å². The molecule has 1 aromatic carbocycles. The van der Waals surface area contributed by atoms with Crippen molar-refractivity contribution in [3.05, 3.63) is 45.7 Å². The molecule has 0 saturated carbocycles. The molecule has 0 aliphatic carbocycles. The number of pyridine rings is 1. The average Bonchev–Trinajstić information content (AvgIpc) is 2.53. The predicted octanol–water partition coefficient (Wildman–Crippen LogP) is 2.46. The smallest absolute Gasteiger partial charge is 0.259 e. The fourth-order valence-corrected chi connectivity index (χ4v) is 2.46. The zero-order chi connectivity index (χ0) is 16.3. The van der Waals surface area contributed by atoms with Crippen molar-refractivity contribution >= 4 is 16.8 Å². The maximum atomic E-state index is 12.6. The van der Waals surface area contributed by atoms with Crippen LogP contribution in [0.3, 0.4) is 0 Å². The van der Waals surface area contributed by atoms with Gasteiger partial charge in [-0.1, -0.05) is 12.1 Å². The van der Waals surface area contributed by atoms with Crippen LogP contribution in [0, 0.1) is 24.2 Å². The third-order valence-electron chi connectivity index (χ3n) is 3.74. The standard InChI is InChI=1S/C17H19N3O2/c1-4-20(10-11(2)8-18)17(22)14-9-19-15-12(3)6-5-7-13(15)16(14)21/h5-7,9,11H,4,10H2,1-3H3,(H,19,21)/t11-/m0/s1. The highest BCUT2D eigenvalue weighted by atomic mass is 16.2. The number of aromatic nitrogens is 1. The first-order valence-corrected chi connectivity index (χ1v) is 7.29. The van der Waals surface area contributed by atoms with Crippen LogP contribution < -0.4 is 5.43 Å². The normalized spacial score (nSPS) is 11.9. The van der Waals surface area contributed by atoms with E-state index in [1.165, 1.54) is 11.1 Å². The molecule has 1 amide bonds. The molecule has 1 atom stereocenters. The first-order valence-electron chi connectivity index (χ1n) is 7.29. The van der Waals surface area contributed by atoms with Crippen molar-refractivity contribution in [2.75, 3.05) is 13.1 Å². The second-order valence-electron chi connectivity index (χ2n) is 5.40. The number of para-hydroxylation sites is 1. The predicted molar refractivity (Wildman–Crippen MR) is 85.7 cm³/mol.